The van der Waals surface area contributed by atoms with Crippen molar-refractivity contribution in [3.8, 4) is 0 Å². The van der Waals surface area contributed by atoms with Gasteiger partial charge in [0.25, 0.3) is 10.0 Å². The molecular formula is C24H25N3O4S. The standard InChI is InChI=1S/C24H25N3O4S/c1-2-23(28)25-20-12-14-27(22-6-4-3-5-19(20)22)32(30,31)18-9-10-21-17(15-18)11-13-26(21)24(29)16-7-8-16/h2-6,9-10,15-16,20H,1,7-8,11-14H2,(H,25,28). The van der Waals surface area contributed by atoms with Crippen LogP contribution in [0.4, 0.5) is 11.4 Å². The van der Waals surface area contributed by atoms with Gasteiger partial charge in [0.15, 0.2) is 0 Å². The Bertz CT molecular complexity index is 1220. The molecule has 0 radical (unpaired) electrons. The van der Waals surface area contributed by atoms with Crippen LogP contribution >= 0.6 is 0 Å². The number of nitrogens with zero attached hydrogens (tertiary/aromatic N) is 2. The van der Waals surface area contributed by atoms with Crippen molar-refractivity contribution in [1.82, 2.24) is 5.32 Å². The Morgan fingerprint density at radius 2 is 1.81 bits per heavy atom. The van der Waals surface area contributed by atoms with Gasteiger partial charge >= 0.3 is 0 Å². The number of carbonyl (C=O) groups excluding carboxylic acids is 2. The van der Waals surface area contributed by atoms with Crippen LogP contribution in [0, 0.1) is 5.92 Å². The average Bonchev–Trinajstić information content (AvgIpc) is 3.57. The Morgan fingerprint density at radius 3 is 2.56 bits per heavy atom. The van der Waals surface area contributed by atoms with Crippen molar-refractivity contribution in [2.45, 2.75) is 36.6 Å². The van der Waals surface area contributed by atoms with Gasteiger partial charge in [0.2, 0.25) is 11.8 Å². The van der Waals surface area contributed by atoms with Crippen LogP contribution in [-0.4, -0.2) is 33.3 Å². The monoisotopic (exact) mass is 451 g/mol. The molecule has 2 heterocycles. The van der Waals surface area contributed by atoms with Gasteiger partial charge in [-0.25, -0.2) is 8.42 Å². The van der Waals surface area contributed by atoms with Crippen LogP contribution < -0.4 is 14.5 Å². The van der Waals surface area contributed by atoms with E-state index in [4.69, 9.17) is 0 Å². The van der Waals surface area contributed by atoms with E-state index in [1.807, 2.05) is 12.1 Å². The van der Waals surface area contributed by atoms with Crippen LogP contribution in [0.2, 0.25) is 0 Å². The third kappa shape index (κ3) is 3.48. The van der Waals surface area contributed by atoms with Gasteiger partial charge in [0.05, 0.1) is 16.6 Å². The number of sulfonamides is 1. The molecule has 1 aliphatic carbocycles. The first-order chi connectivity index (χ1) is 15.4. The topological polar surface area (TPSA) is 86.8 Å². The summed E-state index contributed by atoms with van der Waals surface area (Å²) in [6.07, 6.45) is 4.22. The highest BCUT2D eigenvalue weighted by Gasteiger charge is 2.38. The summed E-state index contributed by atoms with van der Waals surface area (Å²) in [5, 5.41) is 2.88. The van der Waals surface area contributed by atoms with Crippen LogP contribution in [0.25, 0.3) is 0 Å². The molecule has 2 aliphatic heterocycles. The van der Waals surface area contributed by atoms with Gasteiger partial charge in [0.1, 0.15) is 0 Å². The largest absolute Gasteiger partial charge is 0.346 e. The molecule has 0 aromatic heterocycles. The van der Waals surface area contributed by atoms with Gasteiger partial charge in [-0.3, -0.25) is 13.9 Å². The maximum atomic E-state index is 13.6. The molecule has 1 fully saturated rings. The first-order valence-corrected chi connectivity index (χ1v) is 12.3. The van der Waals surface area contributed by atoms with E-state index >= 15 is 0 Å². The van der Waals surface area contributed by atoms with Crippen LogP contribution in [-0.2, 0) is 26.0 Å². The zero-order valence-corrected chi connectivity index (χ0v) is 18.5. The summed E-state index contributed by atoms with van der Waals surface area (Å²) in [6.45, 7) is 4.35. The molecule has 0 spiro atoms. The van der Waals surface area contributed by atoms with Gasteiger partial charge in [-0.15, -0.1) is 0 Å². The highest BCUT2D eigenvalue weighted by atomic mass is 32.2. The maximum Gasteiger partial charge on any atom is 0.264 e. The van der Waals surface area contributed by atoms with Gasteiger partial charge in [-0.2, -0.15) is 0 Å². The number of fused-ring (bicyclic) bond motifs is 2. The Kier molecular flexibility index (Phi) is 5.04. The number of benzene rings is 2. The second-order valence-electron chi connectivity index (χ2n) is 8.49. The number of nitrogens with one attached hydrogen (secondary N) is 1. The molecule has 32 heavy (non-hydrogen) atoms. The summed E-state index contributed by atoms with van der Waals surface area (Å²) >= 11 is 0. The average molecular weight is 452 g/mol. The number of para-hydroxylation sites is 1. The van der Waals surface area contributed by atoms with E-state index in [-0.39, 0.29) is 35.2 Å². The lowest BCUT2D eigenvalue weighted by molar-refractivity contribution is -0.119. The molecule has 1 N–H and O–H groups in total. The fourth-order valence-corrected chi connectivity index (χ4v) is 6.16. The molecule has 0 bridgehead atoms. The molecule has 7 nitrogen and oxygen atoms in total. The van der Waals surface area contributed by atoms with Crippen molar-refractivity contribution >= 4 is 33.2 Å². The van der Waals surface area contributed by atoms with Crippen LogP contribution in [0.5, 0.6) is 0 Å². The lowest BCUT2D eigenvalue weighted by atomic mass is 9.98. The zero-order valence-electron chi connectivity index (χ0n) is 17.7. The van der Waals surface area contributed by atoms with E-state index in [1.165, 1.54) is 10.4 Å². The summed E-state index contributed by atoms with van der Waals surface area (Å²) in [6, 6.07) is 12.0. The molecular weight excluding hydrogens is 426 g/mol. The lowest BCUT2D eigenvalue weighted by Crippen LogP contribution is -2.40. The fraction of sp³-hybridized carbons (Fsp3) is 0.333. The third-order valence-corrected chi connectivity index (χ3v) is 8.24. The van der Waals surface area contributed by atoms with E-state index in [2.05, 4.69) is 11.9 Å². The quantitative estimate of drug-likeness (QED) is 0.708. The maximum absolute atomic E-state index is 13.6. The fourth-order valence-electron chi connectivity index (χ4n) is 4.61. The van der Waals surface area contributed by atoms with Crippen molar-refractivity contribution in [2.24, 2.45) is 5.92 Å². The normalized spacial score (nSPS) is 19.8. The number of hydrogen-bond donors (Lipinski definition) is 1. The van der Waals surface area contributed by atoms with Gasteiger partial charge < -0.3 is 10.2 Å². The Hall–Kier alpha value is -3.13. The second-order valence-corrected chi connectivity index (χ2v) is 10.4. The van der Waals surface area contributed by atoms with E-state index in [0.717, 1.165) is 29.7 Å². The molecule has 8 heteroatoms. The first-order valence-electron chi connectivity index (χ1n) is 10.9. The molecule has 166 valence electrons. The molecule has 1 unspecified atom stereocenters. The molecule has 2 aromatic rings. The van der Waals surface area contributed by atoms with E-state index in [1.54, 1.807) is 35.2 Å². The summed E-state index contributed by atoms with van der Waals surface area (Å²) in [5.74, 6) is -0.00861. The molecule has 1 saturated carbocycles. The predicted molar refractivity (Wildman–Crippen MR) is 122 cm³/mol. The van der Waals surface area contributed by atoms with Crippen molar-refractivity contribution in [3.63, 3.8) is 0 Å². The zero-order chi connectivity index (χ0) is 22.5. The molecule has 2 amide bonds. The number of anilines is 2. The Morgan fingerprint density at radius 1 is 1.03 bits per heavy atom. The van der Waals surface area contributed by atoms with Crippen molar-refractivity contribution < 1.29 is 18.0 Å². The number of rotatable bonds is 5. The highest BCUT2D eigenvalue weighted by Crippen LogP contribution is 2.40. The Balaban J connectivity index is 1.46. The lowest BCUT2D eigenvalue weighted by Gasteiger charge is -2.35. The van der Waals surface area contributed by atoms with Crippen LogP contribution in [0.15, 0.2) is 60.0 Å². The summed E-state index contributed by atoms with van der Waals surface area (Å²) in [7, 11) is -3.80. The summed E-state index contributed by atoms with van der Waals surface area (Å²) < 4.78 is 28.6. The third-order valence-electron chi connectivity index (χ3n) is 6.43. The molecule has 0 saturated heterocycles. The number of carbonyl (C=O) groups is 2. The molecule has 5 rings (SSSR count). The minimum absolute atomic E-state index is 0.128. The predicted octanol–water partition coefficient (Wildman–Crippen LogP) is 2.93. The SMILES string of the molecule is C=CC(=O)NC1CCN(S(=O)(=O)c2ccc3c(c2)CCN3C(=O)C2CC2)c2ccccc21. The minimum atomic E-state index is -3.80. The first kappa shape index (κ1) is 20.8. The number of amides is 2. The van der Waals surface area contributed by atoms with E-state index < -0.39 is 10.0 Å². The summed E-state index contributed by atoms with van der Waals surface area (Å²) in [5.41, 5.74) is 3.05. The van der Waals surface area contributed by atoms with E-state index in [9.17, 15) is 18.0 Å². The van der Waals surface area contributed by atoms with Crippen molar-refractivity contribution in [2.75, 3.05) is 22.3 Å². The van der Waals surface area contributed by atoms with Gasteiger partial charge in [0, 0.05) is 24.7 Å². The summed E-state index contributed by atoms with van der Waals surface area (Å²) in [4.78, 5) is 26.4. The van der Waals surface area contributed by atoms with Crippen LogP contribution in [0.1, 0.15) is 36.4 Å². The van der Waals surface area contributed by atoms with Crippen LogP contribution in [0.3, 0.4) is 0 Å². The Labute approximate surface area is 187 Å². The molecule has 2 aromatic carbocycles. The highest BCUT2D eigenvalue weighted by molar-refractivity contribution is 7.92. The second kappa shape index (κ2) is 7.78. The number of hydrogen-bond acceptors (Lipinski definition) is 4. The smallest absolute Gasteiger partial charge is 0.264 e. The van der Waals surface area contributed by atoms with Gasteiger partial charge in [-0.1, -0.05) is 24.8 Å². The molecule has 1 atom stereocenters. The van der Waals surface area contributed by atoms with E-state index in [0.29, 0.717) is 25.1 Å². The van der Waals surface area contributed by atoms with Crippen molar-refractivity contribution in [3.05, 3.63) is 66.2 Å². The minimum Gasteiger partial charge on any atom is -0.346 e. The molecule has 3 aliphatic rings. The van der Waals surface area contributed by atoms with Gasteiger partial charge in [-0.05, 0) is 67.2 Å². The van der Waals surface area contributed by atoms with Crippen molar-refractivity contribution in [1.29, 1.82) is 0 Å².